The Bertz CT molecular complexity index is 670. The van der Waals surface area contributed by atoms with E-state index >= 15 is 0 Å². The van der Waals surface area contributed by atoms with E-state index in [1.54, 1.807) is 31.2 Å². The molecule has 0 amide bonds. The minimum atomic E-state index is -0.519. The standard InChI is InChI=1S/C21H25NO2/c1-15(24-20-13-11-19(22)12-14-20)21(23)18-9-7-17(8-10-18)16-5-3-2-4-6-16/h7-16H,2-6,22H2,1H3. The number of ketones is 1. The molecule has 3 nitrogen and oxygen atoms in total. The quantitative estimate of drug-likeness (QED) is 0.624. The van der Waals surface area contributed by atoms with E-state index in [2.05, 4.69) is 12.1 Å². The Morgan fingerprint density at radius 2 is 1.62 bits per heavy atom. The molecule has 3 heteroatoms. The average Bonchev–Trinajstić information content (AvgIpc) is 2.64. The number of ether oxygens (including phenoxy) is 1. The first kappa shape index (κ1) is 16.6. The van der Waals surface area contributed by atoms with E-state index in [4.69, 9.17) is 10.5 Å². The van der Waals surface area contributed by atoms with Crippen molar-refractivity contribution in [1.82, 2.24) is 0 Å². The first-order valence-electron chi connectivity index (χ1n) is 8.80. The first-order valence-corrected chi connectivity index (χ1v) is 8.80. The third-order valence-electron chi connectivity index (χ3n) is 4.83. The fraction of sp³-hybridized carbons (Fsp3) is 0.381. The molecule has 1 fully saturated rings. The SMILES string of the molecule is CC(Oc1ccc(N)cc1)C(=O)c1ccc(C2CCCCC2)cc1. The van der Waals surface area contributed by atoms with Gasteiger partial charge in [-0.15, -0.1) is 0 Å². The van der Waals surface area contributed by atoms with Gasteiger partial charge < -0.3 is 10.5 Å². The summed E-state index contributed by atoms with van der Waals surface area (Å²) in [6.07, 6.45) is 6.01. The summed E-state index contributed by atoms with van der Waals surface area (Å²) >= 11 is 0. The predicted octanol–water partition coefficient (Wildman–Crippen LogP) is 4.97. The Labute approximate surface area is 143 Å². The van der Waals surface area contributed by atoms with Crippen molar-refractivity contribution in [3.63, 3.8) is 0 Å². The topological polar surface area (TPSA) is 52.3 Å². The smallest absolute Gasteiger partial charge is 0.202 e. The first-order chi connectivity index (χ1) is 11.6. The summed E-state index contributed by atoms with van der Waals surface area (Å²) in [5, 5.41) is 0. The third kappa shape index (κ3) is 3.97. The second-order valence-electron chi connectivity index (χ2n) is 6.65. The normalized spacial score (nSPS) is 16.5. The summed E-state index contributed by atoms with van der Waals surface area (Å²) in [5.74, 6) is 1.32. The monoisotopic (exact) mass is 323 g/mol. The third-order valence-corrected chi connectivity index (χ3v) is 4.83. The Kier molecular flexibility index (Phi) is 5.19. The number of anilines is 1. The Balaban J connectivity index is 1.64. The van der Waals surface area contributed by atoms with Gasteiger partial charge in [-0.1, -0.05) is 43.5 Å². The molecule has 0 spiro atoms. The molecular weight excluding hydrogens is 298 g/mol. The molecular formula is C21H25NO2. The highest BCUT2D eigenvalue weighted by atomic mass is 16.5. The van der Waals surface area contributed by atoms with E-state index < -0.39 is 6.10 Å². The molecule has 0 aromatic heterocycles. The van der Waals surface area contributed by atoms with Crippen LogP contribution in [0.5, 0.6) is 5.75 Å². The fourth-order valence-corrected chi connectivity index (χ4v) is 3.39. The van der Waals surface area contributed by atoms with Crippen molar-refractivity contribution in [2.45, 2.75) is 51.0 Å². The molecule has 1 aliphatic rings. The van der Waals surface area contributed by atoms with Gasteiger partial charge in [0.15, 0.2) is 6.10 Å². The number of rotatable bonds is 5. The van der Waals surface area contributed by atoms with Gasteiger partial charge in [0.25, 0.3) is 0 Å². The summed E-state index contributed by atoms with van der Waals surface area (Å²) in [6.45, 7) is 1.79. The van der Waals surface area contributed by atoms with Crippen LogP contribution in [-0.4, -0.2) is 11.9 Å². The van der Waals surface area contributed by atoms with Crippen LogP contribution >= 0.6 is 0 Å². The number of carbonyl (C=O) groups is 1. The highest BCUT2D eigenvalue weighted by Crippen LogP contribution is 2.32. The number of nitrogens with two attached hydrogens (primary N) is 1. The predicted molar refractivity (Wildman–Crippen MR) is 97.5 cm³/mol. The van der Waals surface area contributed by atoms with Crippen LogP contribution in [0.25, 0.3) is 0 Å². The van der Waals surface area contributed by atoms with Crippen LogP contribution in [0.2, 0.25) is 0 Å². The molecule has 0 aliphatic heterocycles. The number of carbonyl (C=O) groups excluding carboxylic acids is 1. The number of benzene rings is 2. The Morgan fingerprint density at radius 3 is 2.25 bits per heavy atom. The molecule has 0 heterocycles. The molecule has 1 unspecified atom stereocenters. The number of hydrogen-bond donors (Lipinski definition) is 1. The molecule has 24 heavy (non-hydrogen) atoms. The molecule has 2 aromatic carbocycles. The van der Waals surface area contributed by atoms with Crippen LogP contribution in [0.15, 0.2) is 48.5 Å². The van der Waals surface area contributed by atoms with Crippen LogP contribution < -0.4 is 10.5 Å². The van der Waals surface area contributed by atoms with Gasteiger partial charge in [0.2, 0.25) is 5.78 Å². The Morgan fingerprint density at radius 1 is 1.00 bits per heavy atom. The van der Waals surface area contributed by atoms with Crippen LogP contribution in [0.1, 0.15) is 60.9 Å². The lowest BCUT2D eigenvalue weighted by Gasteiger charge is -2.22. The van der Waals surface area contributed by atoms with E-state index in [-0.39, 0.29) is 5.78 Å². The van der Waals surface area contributed by atoms with Crippen LogP contribution in [0, 0.1) is 0 Å². The van der Waals surface area contributed by atoms with Crippen molar-refractivity contribution in [2.24, 2.45) is 0 Å². The van der Waals surface area contributed by atoms with Gasteiger partial charge >= 0.3 is 0 Å². The summed E-state index contributed by atoms with van der Waals surface area (Å²) in [5.41, 5.74) is 8.41. The van der Waals surface area contributed by atoms with Gasteiger partial charge in [0, 0.05) is 11.3 Å². The van der Waals surface area contributed by atoms with Gasteiger partial charge in [0.05, 0.1) is 0 Å². The molecule has 126 valence electrons. The van der Waals surface area contributed by atoms with E-state index in [1.807, 2.05) is 12.1 Å². The molecule has 3 rings (SSSR count). The van der Waals surface area contributed by atoms with E-state index in [0.29, 0.717) is 22.9 Å². The number of hydrogen-bond acceptors (Lipinski definition) is 3. The lowest BCUT2D eigenvalue weighted by molar-refractivity contribution is 0.0818. The number of Topliss-reactive ketones (excluding diaryl/α,β-unsaturated/α-hetero) is 1. The van der Waals surface area contributed by atoms with Gasteiger partial charge in [-0.3, -0.25) is 4.79 Å². The highest BCUT2D eigenvalue weighted by molar-refractivity contribution is 5.99. The number of nitrogen functional groups attached to an aromatic ring is 1. The van der Waals surface area contributed by atoms with Crippen molar-refractivity contribution in [3.8, 4) is 5.75 Å². The van der Waals surface area contributed by atoms with E-state index in [9.17, 15) is 4.79 Å². The van der Waals surface area contributed by atoms with Crippen molar-refractivity contribution in [2.75, 3.05) is 5.73 Å². The molecule has 1 aliphatic carbocycles. The lowest BCUT2D eigenvalue weighted by Crippen LogP contribution is -2.24. The maximum Gasteiger partial charge on any atom is 0.202 e. The van der Waals surface area contributed by atoms with E-state index in [0.717, 1.165) is 0 Å². The average molecular weight is 323 g/mol. The zero-order valence-electron chi connectivity index (χ0n) is 14.2. The summed E-state index contributed by atoms with van der Waals surface area (Å²) in [4.78, 5) is 12.6. The molecule has 2 N–H and O–H groups in total. The second-order valence-corrected chi connectivity index (χ2v) is 6.65. The lowest BCUT2D eigenvalue weighted by atomic mass is 9.84. The largest absolute Gasteiger partial charge is 0.483 e. The van der Waals surface area contributed by atoms with Crippen molar-refractivity contribution >= 4 is 11.5 Å². The van der Waals surface area contributed by atoms with Crippen LogP contribution in [0.4, 0.5) is 5.69 Å². The van der Waals surface area contributed by atoms with Gasteiger partial charge in [-0.05, 0) is 55.5 Å². The van der Waals surface area contributed by atoms with Crippen LogP contribution in [0.3, 0.4) is 0 Å². The highest BCUT2D eigenvalue weighted by Gasteiger charge is 2.19. The zero-order chi connectivity index (χ0) is 16.9. The van der Waals surface area contributed by atoms with Crippen molar-refractivity contribution in [3.05, 3.63) is 59.7 Å². The zero-order valence-corrected chi connectivity index (χ0v) is 14.2. The molecule has 0 bridgehead atoms. The summed E-state index contributed by atoms with van der Waals surface area (Å²) in [6, 6.07) is 15.2. The molecule has 1 atom stereocenters. The second kappa shape index (κ2) is 7.52. The van der Waals surface area contributed by atoms with Gasteiger partial charge in [0.1, 0.15) is 5.75 Å². The van der Waals surface area contributed by atoms with Gasteiger partial charge in [-0.2, -0.15) is 0 Å². The Hall–Kier alpha value is -2.29. The summed E-state index contributed by atoms with van der Waals surface area (Å²) in [7, 11) is 0. The minimum absolute atomic E-state index is 0.00187. The maximum absolute atomic E-state index is 12.6. The van der Waals surface area contributed by atoms with Crippen molar-refractivity contribution < 1.29 is 9.53 Å². The molecule has 0 saturated heterocycles. The fourth-order valence-electron chi connectivity index (χ4n) is 3.39. The molecule has 0 radical (unpaired) electrons. The maximum atomic E-state index is 12.6. The minimum Gasteiger partial charge on any atom is -0.483 e. The van der Waals surface area contributed by atoms with Crippen LogP contribution in [-0.2, 0) is 0 Å². The molecule has 1 saturated carbocycles. The van der Waals surface area contributed by atoms with Gasteiger partial charge in [-0.25, -0.2) is 0 Å². The van der Waals surface area contributed by atoms with Crippen molar-refractivity contribution in [1.29, 1.82) is 0 Å². The summed E-state index contributed by atoms with van der Waals surface area (Å²) < 4.78 is 5.73. The van der Waals surface area contributed by atoms with E-state index in [1.165, 1.54) is 37.7 Å². The molecule has 2 aromatic rings.